The highest BCUT2D eigenvalue weighted by Gasteiger charge is 2.44. The summed E-state index contributed by atoms with van der Waals surface area (Å²) in [5.74, 6) is -3.57. The van der Waals surface area contributed by atoms with E-state index >= 15 is 0 Å². The Morgan fingerprint density at radius 1 is 0.946 bits per heavy atom. The van der Waals surface area contributed by atoms with Gasteiger partial charge >= 0.3 is 6.36 Å². The Balaban J connectivity index is 1.47. The number of hydroxylamine groups is 1. The molecule has 9 nitrogen and oxygen atoms in total. The Hall–Kier alpha value is -3.16. The molecule has 2 unspecified atom stereocenters. The Bertz CT molecular complexity index is 1220. The zero-order valence-electron chi connectivity index (χ0n) is 19.6. The van der Waals surface area contributed by atoms with Gasteiger partial charge in [-0.1, -0.05) is 30.3 Å². The van der Waals surface area contributed by atoms with Crippen molar-refractivity contribution in [2.45, 2.75) is 30.0 Å². The molecule has 4 rings (SSSR count). The SMILES string of the molecule is O=C(NO)C1CN(S(=O)(=O)c2ccc(OC(F)(F)F)cc2)CCC1C(=O)N1CC[C@@H](c2ccccc2)C1. The number of benzene rings is 2. The minimum Gasteiger partial charge on any atom is -0.406 e. The van der Waals surface area contributed by atoms with Gasteiger partial charge in [-0.3, -0.25) is 14.8 Å². The van der Waals surface area contributed by atoms with Crippen LogP contribution in [0.5, 0.6) is 5.75 Å². The number of carbonyl (C=O) groups is 2. The molecule has 0 aliphatic carbocycles. The molecule has 2 aliphatic heterocycles. The number of halogens is 3. The maximum absolute atomic E-state index is 13.4. The van der Waals surface area contributed by atoms with Gasteiger partial charge < -0.3 is 9.64 Å². The van der Waals surface area contributed by atoms with Gasteiger partial charge in [0.1, 0.15) is 5.75 Å². The average Bonchev–Trinajstić information content (AvgIpc) is 3.38. The van der Waals surface area contributed by atoms with Crippen molar-refractivity contribution in [3.05, 3.63) is 60.2 Å². The summed E-state index contributed by atoms with van der Waals surface area (Å²) in [6.07, 6.45) is -4.12. The second kappa shape index (κ2) is 10.7. The summed E-state index contributed by atoms with van der Waals surface area (Å²) in [6, 6.07) is 13.5. The van der Waals surface area contributed by atoms with Crippen LogP contribution in [0, 0.1) is 11.8 Å². The Kier molecular flexibility index (Phi) is 7.76. The summed E-state index contributed by atoms with van der Waals surface area (Å²) in [5.41, 5.74) is 2.64. The first-order valence-electron chi connectivity index (χ1n) is 11.6. The van der Waals surface area contributed by atoms with Crippen LogP contribution in [0.25, 0.3) is 0 Å². The Morgan fingerprint density at radius 3 is 2.24 bits per heavy atom. The third kappa shape index (κ3) is 6.05. The third-order valence-corrected chi connectivity index (χ3v) is 8.69. The maximum Gasteiger partial charge on any atom is 0.573 e. The number of alkyl halides is 3. The van der Waals surface area contributed by atoms with Crippen LogP contribution < -0.4 is 10.2 Å². The van der Waals surface area contributed by atoms with E-state index < -0.39 is 39.9 Å². The summed E-state index contributed by atoms with van der Waals surface area (Å²) >= 11 is 0. The quantitative estimate of drug-likeness (QED) is 0.429. The molecule has 0 radical (unpaired) electrons. The molecule has 2 fully saturated rings. The van der Waals surface area contributed by atoms with Gasteiger partial charge in [0.2, 0.25) is 21.8 Å². The number of carbonyl (C=O) groups excluding carboxylic acids is 2. The van der Waals surface area contributed by atoms with Crippen LogP contribution in [0.2, 0.25) is 0 Å². The number of hydrogen-bond acceptors (Lipinski definition) is 6. The average molecular weight is 542 g/mol. The molecule has 2 aliphatic rings. The lowest BCUT2D eigenvalue weighted by atomic mass is 9.84. The topological polar surface area (TPSA) is 116 Å². The second-order valence-corrected chi connectivity index (χ2v) is 11.0. The third-order valence-electron chi connectivity index (χ3n) is 6.81. The number of sulfonamides is 1. The standard InChI is InChI=1S/C24H26F3N3O6S/c25-24(26,27)36-18-6-8-19(9-7-18)37(34,35)30-13-11-20(21(15-30)22(31)28-33)23(32)29-12-10-17(14-29)16-4-2-1-3-5-16/h1-9,17,20-21,33H,10-15H2,(H,28,31)/t17-,20?,21?/m1/s1. The molecule has 2 N–H and O–H groups in total. The first-order valence-corrected chi connectivity index (χ1v) is 13.1. The molecule has 13 heteroatoms. The number of rotatable bonds is 6. The minimum atomic E-state index is -4.92. The van der Waals surface area contributed by atoms with E-state index in [4.69, 9.17) is 0 Å². The summed E-state index contributed by atoms with van der Waals surface area (Å²) in [5, 5.41) is 9.27. The fraction of sp³-hybridized carbons (Fsp3) is 0.417. The molecule has 0 spiro atoms. The lowest BCUT2D eigenvalue weighted by Crippen LogP contribution is -2.53. The van der Waals surface area contributed by atoms with Gasteiger partial charge in [0.15, 0.2) is 0 Å². The number of ether oxygens (including phenoxy) is 1. The van der Waals surface area contributed by atoms with Crippen LogP contribution >= 0.6 is 0 Å². The van der Waals surface area contributed by atoms with Gasteiger partial charge in [0.05, 0.1) is 16.7 Å². The zero-order chi connectivity index (χ0) is 26.8. The predicted octanol–water partition coefficient (Wildman–Crippen LogP) is 2.73. The molecule has 2 heterocycles. The van der Waals surface area contributed by atoms with E-state index in [0.29, 0.717) is 13.1 Å². The van der Waals surface area contributed by atoms with E-state index in [2.05, 4.69) is 4.74 Å². The number of hydrogen-bond donors (Lipinski definition) is 2. The number of amides is 2. The summed E-state index contributed by atoms with van der Waals surface area (Å²) in [4.78, 5) is 27.2. The van der Waals surface area contributed by atoms with Crippen LogP contribution in [-0.4, -0.2) is 67.2 Å². The van der Waals surface area contributed by atoms with Crippen molar-refractivity contribution >= 4 is 21.8 Å². The molecule has 0 aromatic heterocycles. The van der Waals surface area contributed by atoms with Crippen LogP contribution in [0.1, 0.15) is 24.3 Å². The normalized spacial score (nSPS) is 23.0. The van der Waals surface area contributed by atoms with Crippen molar-refractivity contribution in [1.82, 2.24) is 14.7 Å². The van der Waals surface area contributed by atoms with Gasteiger partial charge in [-0.15, -0.1) is 13.2 Å². The lowest BCUT2D eigenvalue weighted by Gasteiger charge is -2.37. The monoisotopic (exact) mass is 541 g/mol. The predicted molar refractivity (Wildman–Crippen MR) is 124 cm³/mol. The van der Waals surface area contributed by atoms with Crippen molar-refractivity contribution in [3.63, 3.8) is 0 Å². The number of likely N-dealkylation sites (tertiary alicyclic amines) is 1. The zero-order valence-corrected chi connectivity index (χ0v) is 20.4. The van der Waals surface area contributed by atoms with Crippen molar-refractivity contribution in [2.24, 2.45) is 11.8 Å². The fourth-order valence-corrected chi connectivity index (χ4v) is 6.42. The van der Waals surface area contributed by atoms with Gasteiger partial charge in [-0.25, -0.2) is 13.9 Å². The minimum absolute atomic E-state index is 0.0396. The van der Waals surface area contributed by atoms with Crippen LogP contribution in [0.3, 0.4) is 0 Å². The van der Waals surface area contributed by atoms with Gasteiger partial charge in [-0.05, 0) is 42.7 Å². The molecular weight excluding hydrogens is 515 g/mol. The van der Waals surface area contributed by atoms with Crippen LogP contribution in [-0.2, 0) is 19.6 Å². The van der Waals surface area contributed by atoms with E-state index in [0.717, 1.165) is 40.6 Å². The molecule has 0 bridgehead atoms. The smallest absolute Gasteiger partial charge is 0.406 e. The molecule has 3 atom stereocenters. The molecule has 2 aromatic rings. The van der Waals surface area contributed by atoms with Crippen molar-refractivity contribution in [1.29, 1.82) is 0 Å². The second-order valence-electron chi connectivity index (χ2n) is 9.04. The molecule has 37 heavy (non-hydrogen) atoms. The van der Waals surface area contributed by atoms with Crippen LogP contribution in [0.15, 0.2) is 59.5 Å². The van der Waals surface area contributed by atoms with Crippen molar-refractivity contribution in [2.75, 3.05) is 26.2 Å². The first-order chi connectivity index (χ1) is 17.5. The number of nitrogens with one attached hydrogen (secondary N) is 1. The van der Waals surface area contributed by atoms with Crippen LogP contribution in [0.4, 0.5) is 13.2 Å². The Labute approximate surface area is 211 Å². The summed E-state index contributed by atoms with van der Waals surface area (Å²) in [6.45, 7) is 0.518. The highest BCUT2D eigenvalue weighted by Crippen LogP contribution is 2.34. The molecule has 200 valence electrons. The molecule has 2 amide bonds. The number of nitrogens with zero attached hydrogens (tertiary/aromatic N) is 2. The van der Waals surface area contributed by atoms with Gasteiger partial charge in [0, 0.05) is 32.1 Å². The Morgan fingerprint density at radius 2 is 1.62 bits per heavy atom. The summed E-state index contributed by atoms with van der Waals surface area (Å²) < 4.78 is 68.3. The largest absolute Gasteiger partial charge is 0.573 e. The highest BCUT2D eigenvalue weighted by atomic mass is 32.2. The fourth-order valence-electron chi connectivity index (χ4n) is 4.94. The highest BCUT2D eigenvalue weighted by molar-refractivity contribution is 7.89. The van der Waals surface area contributed by atoms with E-state index in [1.807, 2.05) is 30.3 Å². The summed E-state index contributed by atoms with van der Waals surface area (Å²) in [7, 11) is -4.20. The molecule has 2 saturated heterocycles. The van der Waals surface area contributed by atoms with Gasteiger partial charge in [0.25, 0.3) is 0 Å². The lowest BCUT2D eigenvalue weighted by molar-refractivity contribution is -0.274. The van der Waals surface area contributed by atoms with E-state index in [-0.39, 0.29) is 36.2 Å². The maximum atomic E-state index is 13.4. The first kappa shape index (κ1) is 26.9. The molecule has 2 aromatic carbocycles. The van der Waals surface area contributed by atoms with Crippen molar-refractivity contribution < 1.29 is 41.1 Å². The van der Waals surface area contributed by atoms with Crippen molar-refractivity contribution in [3.8, 4) is 5.75 Å². The van der Waals surface area contributed by atoms with E-state index in [9.17, 15) is 36.4 Å². The van der Waals surface area contributed by atoms with Gasteiger partial charge in [-0.2, -0.15) is 4.31 Å². The molecular formula is C24H26F3N3O6S. The van der Waals surface area contributed by atoms with E-state index in [1.165, 1.54) is 5.48 Å². The molecule has 0 saturated carbocycles. The number of piperidine rings is 1. The van der Waals surface area contributed by atoms with E-state index in [1.54, 1.807) is 4.90 Å².